The van der Waals surface area contributed by atoms with E-state index >= 15 is 0 Å². The van der Waals surface area contributed by atoms with Gasteiger partial charge in [0, 0.05) is 43.7 Å². The molecule has 1 spiro atoms. The molecule has 2 aliphatic rings. The van der Waals surface area contributed by atoms with E-state index in [2.05, 4.69) is 10.3 Å². The summed E-state index contributed by atoms with van der Waals surface area (Å²) in [6, 6.07) is 9.96. The van der Waals surface area contributed by atoms with Gasteiger partial charge in [-0.05, 0) is 12.5 Å². The number of aromatic nitrogens is 1. The smallest absolute Gasteiger partial charge is 0.257 e. The Bertz CT molecular complexity index is 929. The first kappa shape index (κ1) is 20.7. The summed E-state index contributed by atoms with van der Waals surface area (Å²) in [5.41, 5.74) is 0.139. The van der Waals surface area contributed by atoms with Gasteiger partial charge in [0.1, 0.15) is 0 Å². The summed E-state index contributed by atoms with van der Waals surface area (Å²) in [7, 11) is 0. The molecule has 1 atom stereocenters. The molecule has 3 heterocycles. The fourth-order valence-corrected chi connectivity index (χ4v) is 4.57. The lowest BCUT2D eigenvalue weighted by Gasteiger charge is -2.42. The molecule has 2 amide bonds. The van der Waals surface area contributed by atoms with Crippen LogP contribution in [0.4, 0.5) is 5.13 Å². The van der Waals surface area contributed by atoms with Crippen LogP contribution < -0.4 is 5.32 Å². The second-order valence-electron chi connectivity index (χ2n) is 7.72. The lowest BCUT2D eigenvalue weighted by atomic mass is 9.95. The van der Waals surface area contributed by atoms with Gasteiger partial charge in [-0.2, -0.15) is 0 Å². The topological polar surface area (TPSA) is 74.8 Å². The molecular formula is C22H26N4O3S. The number of nitrogens with zero attached hydrogens (tertiary/aromatic N) is 3. The van der Waals surface area contributed by atoms with Crippen LogP contribution in [0.5, 0.6) is 0 Å². The molecule has 0 saturated carbocycles. The Balaban J connectivity index is 1.43. The number of nitrogens with one attached hydrogen (secondary N) is 1. The molecule has 158 valence electrons. The Morgan fingerprint density at radius 3 is 2.90 bits per heavy atom. The number of aryl methyl sites for hydroxylation is 1. The van der Waals surface area contributed by atoms with Gasteiger partial charge >= 0.3 is 0 Å². The maximum absolute atomic E-state index is 13.5. The van der Waals surface area contributed by atoms with Gasteiger partial charge in [-0.15, -0.1) is 11.3 Å². The van der Waals surface area contributed by atoms with Crippen LogP contribution in [0.3, 0.4) is 0 Å². The van der Waals surface area contributed by atoms with E-state index in [4.69, 9.17) is 4.74 Å². The normalized spacial score (nSPS) is 22.3. The van der Waals surface area contributed by atoms with Gasteiger partial charge in [-0.3, -0.25) is 14.5 Å². The second-order valence-corrected chi connectivity index (χ2v) is 8.96. The number of thiazole rings is 1. The van der Waals surface area contributed by atoms with Crippen LogP contribution in [0.25, 0.3) is 0 Å². The van der Waals surface area contributed by atoms with Crippen molar-refractivity contribution in [1.29, 1.82) is 0 Å². The van der Waals surface area contributed by atoms with Crippen molar-refractivity contribution in [2.45, 2.75) is 25.5 Å². The number of rotatable bonds is 5. The molecule has 0 aliphatic carbocycles. The highest BCUT2D eigenvalue weighted by Crippen LogP contribution is 2.28. The predicted molar refractivity (Wildman–Crippen MR) is 116 cm³/mol. The molecule has 2 aliphatic heterocycles. The molecule has 1 saturated heterocycles. The van der Waals surface area contributed by atoms with Crippen LogP contribution in [0.15, 0.2) is 48.7 Å². The molecular weight excluding hydrogens is 400 g/mol. The molecule has 30 heavy (non-hydrogen) atoms. The van der Waals surface area contributed by atoms with Crippen molar-refractivity contribution >= 4 is 28.3 Å². The van der Waals surface area contributed by atoms with Crippen molar-refractivity contribution in [2.75, 3.05) is 38.1 Å². The van der Waals surface area contributed by atoms with E-state index in [1.807, 2.05) is 59.2 Å². The summed E-state index contributed by atoms with van der Waals surface area (Å²) in [6.07, 6.45) is 6.29. The second kappa shape index (κ2) is 9.07. The number of hydrogen-bond donors (Lipinski definition) is 1. The molecule has 0 bridgehead atoms. The van der Waals surface area contributed by atoms with Crippen molar-refractivity contribution in [2.24, 2.45) is 0 Å². The van der Waals surface area contributed by atoms with E-state index < -0.39 is 5.60 Å². The number of anilines is 1. The zero-order valence-electron chi connectivity index (χ0n) is 17.0. The van der Waals surface area contributed by atoms with E-state index in [0.717, 1.165) is 10.4 Å². The van der Waals surface area contributed by atoms with Crippen molar-refractivity contribution in [3.05, 3.63) is 59.1 Å². The summed E-state index contributed by atoms with van der Waals surface area (Å²) in [5, 5.41) is 3.44. The maximum Gasteiger partial charge on any atom is 0.257 e. The maximum atomic E-state index is 13.5. The Morgan fingerprint density at radius 2 is 2.13 bits per heavy atom. The lowest BCUT2D eigenvalue weighted by molar-refractivity contribution is -0.170. The third kappa shape index (κ3) is 4.77. The van der Waals surface area contributed by atoms with E-state index in [-0.39, 0.29) is 18.4 Å². The number of morpholine rings is 1. The minimum Gasteiger partial charge on any atom is -0.362 e. The predicted octanol–water partition coefficient (Wildman–Crippen LogP) is 2.45. The summed E-state index contributed by atoms with van der Waals surface area (Å²) < 4.78 is 6.07. The van der Waals surface area contributed by atoms with Crippen molar-refractivity contribution in [1.82, 2.24) is 14.8 Å². The van der Waals surface area contributed by atoms with Crippen molar-refractivity contribution in [3.8, 4) is 0 Å². The molecule has 1 fully saturated rings. The highest BCUT2D eigenvalue weighted by atomic mass is 32.1. The first-order valence-electron chi connectivity index (χ1n) is 10.1. The largest absolute Gasteiger partial charge is 0.362 e. The van der Waals surface area contributed by atoms with Crippen LogP contribution in [0.2, 0.25) is 0 Å². The Labute approximate surface area is 180 Å². The Kier molecular flexibility index (Phi) is 6.26. The van der Waals surface area contributed by atoms with Gasteiger partial charge < -0.3 is 15.0 Å². The first-order valence-corrected chi connectivity index (χ1v) is 10.9. The van der Waals surface area contributed by atoms with Crippen LogP contribution >= 0.6 is 11.3 Å². The zero-order chi connectivity index (χ0) is 21.0. The highest BCUT2D eigenvalue weighted by Gasteiger charge is 2.46. The lowest BCUT2D eigenvalue weighted by Crippen LogP contribution is -2.60. The zero-order valence-corrected chi connectivity index (χ0v) is 17.9. The Morgan fingerprint density at radius 1 is 1.30 bits per heavy atom. The van der Waals surface area contributed by atoms with Crippen LogP contribution in [-0.2, 0) is 20.9 Å². The van der Waals surface area contributed by atoms with Gasteiger partial charge in [-0.25, -0.2) is 4.98 Å². The van der Waals surface area contributed by atoms with E-state index in [9.17, 15) is 9.59 Å². The fourth-order valence-electron chi connectivity index (χ4n) is 3.89. The fraction of sp³-hybridized carbons (Fsp3) is 0.409. The minimum atomic E-state index is -0.946. The summed E-state index contributed by atoms with van der Waals surface area (Å²) >= 11 is 1.45. The monoisotopic (exact) mass is 426 g/mol. The van der Waals surface area contributed by atoms with Crippen LogP contribution in [-0.4, -0.2) is 65.0 Å². The average molecular weight is 427 g/mol. The summed E-state index contributed by atoms with van der Waals surface area (Å²) in [5.74, 6) is -0.142. The quantitative estimate of drug-likeness (QED) is 0.744. The molecule has 0 radical (unpaired) electrons. The highest BCUT2D eigenvalue weighted by molar-refractivity contribution is 7.15. The first-order chi connectivity index (χ1) is 14.5. The van der Waals surface area contributed by atoms with Crippen LogP contribution in [0.1, 0.15) is 16.9 Å². The number of carbonyl (C=O) groups excluding carboxylic acids is 2. The van der Waals surface area contributed by atoms with E-state index in [1.165, 1.54) is 11.3 Å². The third-order valence-electron chi connectivity index (χ3n) is 5.33. The van der Waals surface area contributed by atoms with Gasteiger partial charge in [-0.1, -0.05) is 42.5 Å². The van der Waals surface area contributed by atoms with E-state index in [0.29, 0.717) is 44.3 Å². The number of benzene rings is 1. The summed E-state index contributed by atoms with van der Waals surface area (Å²) in [4.78, 5) is 35.0. The standard InChI is InChI=1S/C22H26N4O3S/c1-17-13-23-21(30-17)24-19(27)15-25-11-12-29-22(16-25)9-5-6-10-26(20(22)28)14-18-7-3-2-4-8-18/h2-8,13H,9-12,14-16H2,1H3,(H,23,24,27)/t22-/m0/s1. The third-order valence-corrected chi connectivity index (χ3v) is 6.16. The number of carbonyl (C=O) groups is 2. The van der Waals surface area contributed by atoms with Crippen molar-refractivity contribution < 1.29 is 14.3 Å². The molecule has 2 aromatic rings. The SMILES string of the molecule is Cc1cnc(NC(=O)CN2CCO[C@@]3(CC=CCN(Cc4ccccc4)C3=O)C2)s1. The molecule has 8 heteroatoms. The number of amides is 2. The molecule has 1 aromatic heterocycles. The van der Waals surface area contributed by atoms with Crippen molar-refractivity contribution in [3.63, 3.8) is 0 Å². The van der Waals surface area contributed by atoms with Gasteiger partial charge in [0.05, 0.1) is 13.2 Å². The molecule has 0 unspecified atom stereocenters. The molecule has 1 N–H and O–H groups in total. The minimum absolute atomic E-state index is 0.0167. The molecule has 4 rings (SSSR count). The number of ether oxygens (including phenoxy) is 1. The molecule has 7 nitrogen and oxygen atoms in total. The van der Waals surface area contributed by atoms with Crippen LogP contribution in [0, 0.1) is 6.92 Å². The van der Waals surface area contributed by atoms with E-state index in [1.54, 1.807) is 6.20 Å². The average Bonchev–Trinajstić information content (AvgIpc) is 3.09. The number of hydrogen-bond acceptors (Lipinski definition) is 6. The Hall–Kier alpha value is -2.55. The van der Waals surface area contributed by atoms with Gasteiger partial charge in [0.25, 0.3) is 5.91 Å². The van der Waals surface area contributed by atoms with Gasteiger partial charge in [0.2, 0.25) is 5.91 Å². The summed E-state index contributed by atoms with van der Waals surface area (Å²) in [6.45, 7) is 4.68. The molecule has 1 aromatic carbocycles. The van der Waals surface area contributed by atoms with Gasteiger partial charge in [0.15, 0.2) is 10.7 Å².